The van der Waals surface area contributed by atoms with Gasteiger partial charge in [0.25, 0.3) is 0 Å². The second-order valence-corrected chi connectivity index (χ2v) is 26.6. The van der Waals surface area contributed by atoms with Crippen molar-refractivity contribution in [1.29, 1.82) is 0 Å². The molecule has 3 nitrogen and oxygen atoms in total. The minimum absolute atomic E-state index is 0. The molecule has 0 bridgehead atoms. The van der Waals surface area contributed by atoms with E-state index in [-0.39, 0.29) is 34.6 Å². The molecule has 0 spiro atoms. The monoisotopic (exact) mass is 520 g/mol. The number of rotatable bonds is 6. The second-order valence-electron chi connectivity index (χ2n) is 11.3. The van der Waals surface area contributed by atoms with Gasteiger partial charge in [0.1, 0.15) is 0 Å². The molecule has 1 N–H and O–H groups in total. The molecule has 7 heteroatoms. The Hall–Kier alpha value is -0.299. The zero-order valence-electron chi connectivity index (χ0n) is 20.2. The van der Waals surface area contributed by atoms with Crippen molar-refractivity contribution in [1.82, 2.24) is 3.80 Å². The molecule has 0 radical (unpaired) electrons. The summed E-state index contributed by atoms with van der Waals surface area (Å²) in [6.07, 6.45) is 0. The van der Waals surface area contributed by atoms with Crippen molar-refractivity contribution in [2.24, 2.45) is 0 Å². The molecule has 1 aliphatic rings. The van der Waals surface area contributed by atoms with Gasteiger partial charge in [-0.05, 0) is 0 Å². The zero-order chi connectivity index (χ0) is 21.8. The van der Waals surface area contributed by atoms with Crippen LogP contribution in [-0.4, -0.2) is 25.3 Å². The number of nitrogens with one attached hydrogen (secondary N) is 1. The van der Waals surface area contributed by atoms with E-state index in [0.29, 0.717) is 6.61 Å². The van der Waals surface area contributed by atoms with Crippen LogP contribution in [0.15, 0.2) is 48.5 Å². The Kier molecular flexibility index (Phi) is 7.86. The van der Waals surface area contributed by atoms with Gasteiger partial charge in [-0.15, -0.1) is 24.8 Å². The summed E-state index contributed by atoms with van der Waals surface area (Å²) in [5.74, 6) is 0. The zero-order valence-corrected chi connectivity index (χ0v) is 24.4. The standard InChI is InChI=1S/C13H9.C4H10N.C3H9OSi.C2H5O.CH3.CH2.2ClH.Ti/c1-3-7-12-10(5-1)9-11-6-2-4-8-13(11)12;1-4(2,3)5;1-5(2,3)4;1-2-3;;;;;/h1-9H;5H,1-3H3;1-3H3;2H2,1H3;1H3;1H2;2*1H;/q;3*-1;;;;;+3. The van der Waals surface area contributed by atoms with Crippen molar-refractivity contribution < 1.29 is 20.9 Å². The van der Waals surface area contributed by atoms with Crippen LogP contribution < -0.4 is 3.80 Å². The first kappa shape index (κ1) is 28.7. The first-order valence-electron chi connectivity index (χ1n) is 10.7. The van der Waals surface area contributed by atoms with Crippen LogP contribution in [0.3, 0.4) is 0 Å². The van der Waals surface area contributed by atoms with Crippen molar-refractivity contribution in [3.63, 3.8) is 0 Å². The molecule has 31 heavy (non-hydrogen) atoms. The summed E-state index contributed by atoms with van der Waals surface area (Å²) in [4.78, 5) is 5.04. The fraction of sp³-hybridized carbons (Fsp3) is 0.458. The molecular weight excluding hydrogens is 481 g/mol. The number of hydrogen-bond acceptors (Lipinski definition) is 3. The summed E-state index contributed by atoms with van der Waals surface area (Å²) >= 11 is -5.16. The summed E-state index contributed by atoms with van der Waals surface area (Å²) in [5, 5.41) is 2.22. The molecule has 0 aromatic heterocycles. The first-order chi connectivity index (χ1) is 13.1. The third-order valence-electron chi connectivity index (χ3n) is 5.71. The molecule has 2 aromatic carbocycles. The van der Waals surface area contributed by atoms with E-state index in [2.05, 4.69) is 105 Å². The van der Waals surface area contributed by atoms with Gasteiger partial charge in [0.2, 0.25) is 0 Å². The predicted molar refractivity (Wildman–Crippen MR) is 140 cm³/mol. The van der Waals surface area contributed by atoms with Gasteiger partial charge in [-0.3, -0.25) is 0 Å². The number of benzene rings is 2. The van der Waals surface area contributed by atoms with Crippen LogP contribution in [0.5, 0.6) is 0 Å². The number of halogens is 2. The molecule has 1 aliphatic carbocycles. The van der Waals surface area contributed by atoms with Crippen molar-refractivity contribution in [3.8, 4) is 11.1 Å². The van der Waals surface area contributed by atoms with Gasteiger partial charge in [-0.2, -0.15) is 0 Å². The molecule has 175 valence electrons. The summed E-state index contributed by atoms with van der Waals surface area (Å²) in [6, 6.07) is 17.4. The van der Waals surface area contributed by atoms with Gasteiger partial charge in [-0.1, -0.05) is 0 Å². The Morgan fingerprint density at radius 1 is 0.935 bits per heavy atom. The molecule has 0 amide bonds. The van der Waals surface area contributed by atoms with Crippen LogP contribution in [0.2, 0.25) is 24.9 Å². The summed E-state index contributed by atoms with van der Waals surface area (Å²) in [6.45, 7) is 15.9. The molecule has 0 heterocycles. The van der Waals surface area contributed by atoms with Gasteiger partial charge >= 0.3 is 178 Å². The Balaban J connectivity index is 0.00000240. The molecule has 0 saturated heterocycles. The Morgan fingerprint density at radius 2 is 1.35 bits per heavy atom. The van der Waals surface area contributed by atoms with Gasteiger partial charge in [0.15, 0.2) is 0 Å². The topological polar surface area (TPSA) is 30.5 Å². The number of hydrogen-bond donors (Lipinski definition) is 1. The van der Waals surface area contributed by atoms with Crippen LogP contribution in [0.1, 0.15) is 43.0 Å². The second kappa shape index (κ2) is 8.48. The van der Waals surface area contributed by atoms with Crippen LogP contribution in [0, 0.1) is 0 Å². The average molecular weight is 521 g/mol. The van der Waals surface area contributed by atoms with Crippen LogP contribution in [-0.2, 0) is 20.9 Å². The van der Waals surface area contributed by atoms with Crippen LogP contribution in [0.25, 0.3) is 11.1 Å². The first-order valence-corrected chi connectivity index (χ1v) is 19.8. The third-order valence-corrected chi connectivity index (χ3v) is 20.9. The van der Waals surface area contributed by atoms with E-state index in [1.807, 2.05) is 0 Å². The average Bonchev–Trinajstić information content (AvgIpc) is 2.86. The molecule has 0 atom stereocenters. The van der Waals surface area contributed by atoms with Crippen LogP contribution in [0.4, 0.5) is 0 Å². The minimum atomic E-state index is -5.16. The third kappa shape index (κ3) is 5.28. The van der Waals surface area contributed by atoms with Gasteiger partial charge in [0.05, 0.1) is 0 Å². The molecule has 2 aromatic rings. The van der Waals surface area contributed by atoms with E-state index < -0.39 is 22.9 Å². The van der Waals surface area contributed by atoms with Gasteiger partial charge < -0.3 is 0 Å². The van der Waals surface area contributed by atoms with E-state index in [4.69, 9.17) is 11.1 Å². The van der Waals surface area contributed by atoms with E-state index in [9.17, 15) is 0 Å². The SMILES string of the molecule is Cl.Cl.[CH2]=[Ti]([CH3])([NH]C(C)(C)C)([O]CC)([O][Si](C)(C)C)[CH]1c2ccccc2-c2ccccc21. The molecular formula is C24H40Cl2NO2SiTi. The van der Waals surface area contributed by atoms with Crippen molar-refractivity contribution in [2.45, 2.75) is 62.3 Å². The van der Waals surface area contributed by atoms with E-state index in [0.717, 1.165) is 0 Å². The van der Waals surface area contributed by atoms with Crippen molar-refractivity contribution >= 4 is 37.9 Å². The number of fused-ring (bicyclic) bond motifs is 3. The summed E-state index contributed by atoms with van der Waals surface area (Å²) in [7, 11) is -2.05. The molecule has 0 fully saturated rings. The maximum atomic E-state index is 7.30. The van der Waals surface area contributed by atoms with Gasteiger partial charge in [0, 0.05) is 0 Å². The normalized spacial score (nSPS) is 16.3. The predicted octanol–water partition coefficient (Wildman–Crippen LogP) is 7.33. The Labute approximate surface area is 201 Å². The quantitative estimate of drug-likeness (QED) is 0.404. The summed E-state index contributed by atoms with van der Waals surface area (Å²) < 4.78 is 18.2. The van der Waals surface area contributed by atoms with Gasteiger partial charge in [-0.25, -0.2) is 0 Å². The van der Waals surface area contributed by atoms with Crippen molar-refractivity contribution in [3.05, 3.63) is 59.7 Å². The molecule has 0 saturated carbocycles. The van der Waals surface area contributed by atoms with E-state index in [1.54, 1.807) is 0 Å². The molecule has 0 unspecified atom stereocenters. The van der Waals surface area contributed by atoms with E-state index in [1.165, 1.54) is 22.3 Å². The fourth-order valence-corrected chi connectivity index (χ4v) is 27.8. The van der Waals surface area contributed by atoms with Crippen LogP contribution >= 0.6 is 24.8 Å². The Bertz CT molecular complexity index is 975. The molecule has 0 aliphatic heterocycles. The van der Waals surface area contributed by atoms with E-state index >= 15 is 0 Å². The maximum absolute atomic E-state index is 7.30. The summed E-state index contributed by atoms with van der Waals surface area (Å²) in [5.41, 5.74) is 4.84. The fourth-order valence-electron chi connectivity index (χ4n) is 6.00. The Morgan fingerprint density at radius 3 is 1.71 bits per heavy atom. The molecule has 3 rings (SSSR count). The van der Waals surface area contributed by atoms with Crippen molar-refractivity contribution in [2.75, 3.05) is 6.61 Å².